The van der Waals surface area contributed by atoms with E-state index >= 15 is 0 Å². The van der Waals surface area contributed by atoms with Gasteiger partial charge in [-0.3, -0.25) is 0 Å². The molecule has 0 spiro atoms. The summed E-state index contributed by atoms with van der Waals surface area (Å²) >= 11 is 0. The lowest BCUT2D eigenvalue weighted by atomic mass is 9.91. The predicted molar refractivity (Wildman–Crippen MR) is 58.2 cm³/mol. The van der Waals surface area contributed by atoms with Crippen LogP contribution in [0.5, 0.6) is 0 Å². The average Bonchev–Trinajstić information content (AvgIpc) is 2.15. The second-order valence-electron chi connectivity index (χ2n) is 3.89. The fourth-order valence-electron chi connectivity index (χ4n) is 1.85. The zero-order chi connectivity index (χ0) is 9.97. The van der Waals surface area contributed by atoms with Gasteiger partial charge in [-0.25, -0.2) is 4.98 Å². The Bertz CT molecular complexity index is 307. The second kappa shape index (κ2) is 3.96. The Morgan fingerprint density at radius 1 is 1.57 bits per heavy atom. The van der Waals surface area contributed by atoms with E-state index < -0.39 is 0 Å². The van der Waals surface area contributed by atoms with Crippen LogP contribution in [0.1, 0.15) is 24.8 Å². The van der Waals surface area contributed by atoms with E-state index in [9.17, 15) is 0 Å². The van der Waals surface area contributed by atoms with Crippen molar-refractivity contribution in [3.8, 4) is 0 Å². The molecule has 1 saturated carbocycles. The normalized spacial score (nSPS) is 16.4. The van der Waals surface area contributed by atoms with Gasteiger partial charge in [0.2, 0.25) is 0 Å². The Balaban J connectivity index is 2.20. The molecule has 0 aromatic carbocycles. The molecule has 0 unspecified atom stereocenters. The monoisotopic (exact) mass is 191 g/mol. The minimum absolute atomic E-state index is 0.570. The van der Waals surface area contributed by atoms with E-state index in [-0.39, 0.29) is 0 Å². The highest BCUT2D eigenvalue weighted by Crippen LogP contribution is 2.28. The van der Waals surface area contributed by atoms with Crippen LogP contribution in [0.2, 0.25) is 0 Å². The maximum absolute atomic E-state index is 5.68. The van der Waals surface area contributed by atoms with E-state index in [4.69, 9.17) is 5.73 Å². The molecule has 14 heavy (non-hydrogen) atoms. The van der Waals surface area contributed by atoms with Crippen molar-refractivity contribution in [3.05, 3.63) is 23.9 Å². The van der Waals surface area contributed by atoms with Gasteiger partial charge < -0.3 is 10.6 Å². The fraction of sp³-hybridized carbons (Fsp3) is 0.545. The second-order valence-corrected chi connectivity index (χ2v) is 3.89. The maximum Gasteiger partial charge on any atom is 0.132 e. The Morgan fingerprint density at radius 2 is 2.36 bits per heavy atom. The largest absolute Gasteiger partial charge is 0.356 e. The molecule has 1 aliphatic rings. The molecule has 2 rings (SSSR count). The highest BCUT2D eigenvalue weighted by atomic mass is 15.2. The summed E-state index contributed by atoms with van der Waals surface area (Å²) < 4.78 is 0. The van der Waals surface area contributed by atoms with Crippen molar-refractivity contribution >= 4 is 5.82 Å². The van der Waals surface area contributed by atoms with Crippen molar-refractivity contribution in [2.24, 2.45) is 5.73 Å². The van der Waals surface area contributed by atoms with E-state index in [1.54, 1.807) is 0 Å². The van der Waals surface area contributed by atoms with Crippen LogP contribution in [0.15, 0.2) is 18.3 Å². The molecule has 1 aliphatic carbocycles. The summed E-state index contributed by atoms with van der Waals surface area (Å²) in [5.41, 5.74) is 6.82. The highest BCUT2D eigenvalue weighted by Gasteiger charge is 2.23. The summed E-state index contributed by atoms with van der Waals surface area (Å²) in [6.45, 7) is 0.570. The molecule has 1 aromatic rings. The van der Waals surface area contributed by atoms with Gasteiger partial charge in [-0.2, -0.15) is 0 Å². The lowest BCUT2D eigenvalue weighted by Gasteiger charge is -2.36. The summed E-state index contributed by atoms with van der Waals surface area (Å²) in [6.07, 6.45) is 5.76. The van der Waals surface area contributed by atoms with Crippen LogP contribution in [0.3, 0.4) is 0 Å². The number of nitrogens with zero attached hydrogens (tertiary/aromatic N) is 2. The molecule has 0 bridgehead atoms. The Labute approximate surface area is 84.9 Å². The van der Waals surface area contributed by atoms with Crippen molar-refractivity contribution in [1.82, 2.24) is 4.98 Å². The molecule has 3 nitrogen and oxygen atoms in total. The number of nitrogens with two attached hydrogens (primary N) is 1. The number of aromatic nitrogens is 1. The Morgan fingerprint density at radius 3 is 2.93 bits per heavy atom. The van der Waals surface area contributed by atoms with Gasteiger partial charge in [0.15, 0.2) is 0 Å². The van der Waals surface area contributed by atoms with Gasteiger partial charge in [0, 0.05) is 31.4 Å². The predicted octanol–water partition coefficient (Wildman–Crippen LogP) is 1.53. The smallest absolute Gasteiger partial charge is 0.132 e. The average molecular weight is 191 g/mol. The number of rotatable bonds is 3. The van der Waals surface area contributed by atoms with Gasteiger partial charge in [0.25, 0.3) is 0 Å². The first-order valence-corrected chi connectivity index (χ1v) is 5.19. The molecule has 3 heteroatoms. The molecule has 1 aromatic heterocycles. The number of hydrogen-bond acceptors (Lipinski definition) is 3. The van der Waals surface area contributed by atoms with Crippen LogP contribution < -0.4 is 10.6 Å². The molecule has 0 aliphatic heterocycles. The van der Waals surface area contributed by atoms with E-state index in [1.165, 1.54) is 19.3 Å². The fourth-order valence-corrected chi connectivity index (χ4v) is 1.85. The van der Waals surface area contributed by atoms with E-state index in [0.717, 1.165) is 11.4 Å². The number of hydrogen-bond donors (Lipinski definition) is 1. The quantitative estimate of drug-likeness (QED) is 0.787. The van der Waals surface area contributed by atoms with Crippen molar-refractivity contribution in [1.29, 1.82) is 0 Å². The molecular weight excluding hydrogens is 174 g/mol. The first-order chi connectivity index (χ1) is 6.83. The molecule has 1 heterocycles. The third kappa shape index (κ3) is 1.60. The van der Waals surface area contributed by atoms with Gasteiger partial charge in [0.05, 0.1) is 0 Å². The summed E-state index contributed by atoms with van der Waals surface area (Å²) in [5.74, 6) is 1.06. The maximum atomic E-state index is 5.68. The lowest BCUT2D eigenvalue weighted by molar-refractivity contribution is 0.398. The van der Waals surface area contributed by atoms with Gasteiger partial charge in [-0.05, 0) is 25.3 Å². The third-order valence-electron chi connectivity index (χ3n) is 3.04. The van der Waals surface area contributed by atoms with E-state index in [0.29, 0.717) is 12.6 Å². The van der Waals surface area contributed by atoms with E-state index in [2.05, 4.69) is 23.0 Å². The summed E-state index contributed by atoms with van der Waals surface area (Å²) in [7, 11) is 2.12. The van der Waals surface area contributed by atoms with Crippen molar-refractivity contribution in [2.45, 2.75) is 31.8 Å². The third-order valence-corrected chi connectivity index (χ3v) is 3.04. The Kier molecular flexibility index (Phi) is 2.68. The standard InChI is InChI=1S/C11H17N3/c1-14(10-5-2-6-10)11-9(8-12)4-3-7-13-11/h3-4,7,10H,2,5-6,8,12H2,1H3. The van der Waals surface area contributed by atoms with Gasteiger partial charge >= 0.3 is 0 Å². The van der Waals surface area contributed by atoms with Crippen LogP contribution in [0, 0.1) is 0 Å². The van der Waals surface area contributed by atoms with Gasteiger partial charge in [-0.1, -0.05) is 6.07 Å². The van der Waals surface area contributed by atoms with Crippen molar-refractivity contribution in [3.63, 3.8) is 0 Å². The first kappa shape index (κ1) is 9.46. The molecule has 2 N–H and O–H groups in total. The zero-order valence-corrected chi connectivity index (χ0v) is 8.61. The zero-order valence-electron chi connectivity index (χ0n) is 8.61. The summed E-state index contributed by atoms with van der Waals surface area (Å²) in [6, 6.07) is 4.67. The molecule has 0 amide bonds. The summed E-state index contributed by atoms with van der Waals surface area (Å²) in [5, 5.41) is 0. The van der Waals surface area contributed by atoms with Crippen LogP contribution in [-0.4, -0.2) is 18.1 Å². The number of pyridine rings is 1. The SMILES string of the molecule is CN(c1ncccc1CN)C1CCC1. The molecule has 0 atom stereocenters. The van der Waals surface area contributed by atoms with Crippen LogP contribution >= 0.6 is 0 Å². The topological polar surface area (TPSA) is 42.2 Å². The van der Waals surface area contributed by atoms with Gasteiger partial charge in [0.1, 0.15) is 5.82 Å². The minimum atomic E-state index is 0.570. The molecule has 76 valence electrons. The van der Waals surface area contributed by atoms with Crippen LogP contribution in [-0.2, 0) is 6.54 Å². The Hall–Kier alpha value is -1.09. The highest BCUT2D eigenvalue weighted by molar-refractivity contribution is 5.47. The molecule has 0 radical (unpaired) electrons. The van der Waals surface area contributed by atoms with Gasteiger partial charge in [-0.15, -0.1) is 0 Å². The van der Waals surface area contributed by atoms with E-state index in [1.807, 2.05) is 12.3 Å². The number of anilines is 1. The lowest BCUT2D eigenvalue weighted by Crippen LogP contribution is -2.38. The van der Waals surface area contributed by atoms with Crippen molar-refractivity contribution < 1.29 is 0 Å². The molecular formula is C11H17N3. The summed E-state index contributed by atoms with van der Waals surface area (Å²) in [4.78, 5) is 6.67. The molecule has 1 fully saturated rings. The minimum Gasteiger partial charge on any atom is -0.356 e. The first-order valence-electron chi connectivity index (χ1n) is 5.19. The van der Waals surface area contributed by atoms with Crippen LogP contribution in [0.25, 0.3) is 0 Å². The van der Waals surface area contributed by atoms with Crippen LogP contribution in [0.4, 0.5) is 5.82 Å². The van der Waals surface area contributed by atoms with Crippen molar-refractivity contribution in [2.75, 3.05) is 11.9 Å². The molecule has 0 saturated heterocycles.